The van der Waals surface area contributed by atoms with Crippen molar-refractivity contribution in [1.82, 2.24) is 19.5 Å². The number of pyridine rings is 1. The van der Waals surface area contributed by atoms with Gasteiger partial charge in [-0.05, 0) is 11.6 Å². The summed E-state index contributed by atoms with van der Waals surface area (Å²) in [6.45, 7) is 0. The second-order valence-electron chi connectivity index (χ2n) is 5.58. The molecule has 0 radical (unpaired) electrons. The van der Waals surface area contributed by atoms with Crippen LogP contribution >= 0.6 is 0 Å². The Kier molecular flexibility index (Phi) is 2.90. The van der Waals surface area contributed by atoms with E-state index in [2.05, 4.69) is 27.1 Å². The Morgan fingerprint density at radius 3 is 2.83 bits per heavy atom. The number of hydrogen-bond donors (Lipinski definition) is 2. The number of nitrogens with zero attached hydrogens (tertiary/aromatic N) is 3. The second-order valence-corrected chi connectivity index (χ2v) is 5.58. The van der Waals surface area contributed by atoms with Crippen molar-refractivity contribution in [1.29, 1.82) is 0 Å². The highest BCUT2D eigenvalue weighted by atomic mass is 16.1. The van der Waals surface area contributed by atoms with E-state index in [9.17, 15) is 4.79 Å². The highest BCUT2D eigenvalue weighted by molar-refractivity contribution is 6.06. The van der Waals surface area contributed by atoms with Gasteiger partial charge in [0.15, 0.2) is 0 Å². The molecule has 0 saturated heterocycles. The first-order valence-corrected chi connectivity index (χ1v) is 7.30. The average molecular weight is 305 g/mol. The summed E-state index contributed by atoms with van der Waals surface area (Å²) in [5.41, 5.74) is 10.2. The van der Waals surface area contributed by atoms with Crippen LogP contribution in [0.15, 0.2) is 42.7 Å². The molecule has 0 aliphatic carbocycles. The van der Waals surface area contributed by atoms with Crippen molar-refractivity contribution in [2.45, 2.75) is 6.42 Å². The van der Waals surface area contributed by atoms with Crippen molar-refractivity contribution in [3.63, 3.8) is 0 Å². The number of nitrogens with two attached hydrogens (primary N) is 1. The zero-order valence-electron chi connectivity index (χ0n) is 12.6. The van der Waals surface area contributed by atoms with E-state index in [1.807, 2.05) is 29.8 Å². The van der Waals surface area contributed by atoms with Gasteiger partial charge >= 0.3 is 0 Å². The number of rotatable bonds is 3. The summed E-state index contributed by atoms with van der Waals surface area (Å²) in [4.78, 5) is 23.6. The fraction of sp³-hybridized carbons (Fsp3) is 0.118. The zero-order chi connectivity index (χ0) is 16.0. The summed E-state index contributed by atoms with van der Waals surface area (Å²) in [5.74, 6) is -0.497. The SMILES string of the molecule is Cn1cnc2c(Cc3ccccc3)nc3[nH]c(C(N)=O)cc3c21. The van der Waals surface area contributed by atoms with Crippen molar-refractivity contribution in [3.05, 3.63) is 59.7 Å². The molecule has 23 heavy (non-hydrogen) atoms. The minimum Gasteiger partial charge on any atom is -0.364 e. The Labute approximate surface area is 132 Å². The molecule has 1 amide bonds. The number of aromatic nitrogens is 4. The Bertz CT molecular complexity index is 1030. The number of carbonyl (C=O) groups is 1. The third-order valence-electron chi connectivity index (χ3n) is 3.99. The molecule has 0 aliphatic heterocycles. The monoisotopic (exact) mass is 305 g/mol. The summed E-state index contributed by atoms with van der Waals surface area (Å²) in [7, 11) is 1.93. The molecular formula is C17H15N5O. The molecule has 4 aromatic rings. The van der Waals surface area contributed by atoms with Crippen LogP contribution < -0.4 is 5.73 Å². The molecule has 4 rings (SSSR count). The largest absolute Gasteiger partial charge is 0.364 e. The van der Waals surface area contributed by atoms with Gasteiger partial charge in [0.25, 0.3) is 5.91 Å². The molecular weight excluding hydrogens is 290 g/mol. The van der Waals surface area contributed by atoms with Crippen LogP contribution in [0.25, 0.3) is 22.1 Å². The Balaban J connectivity index is 1.97. The molecule has 114 valence electrons. The van der Waals surface area contributed by atoms with Gasteiger partial charge in [0.2, 0.25) is 0 Å². The number of aryl methyl sites for hydroxylation is 1. The van der Waals surface area contributed by atoms with Crippen molar-refractivity contribution in [2.24, 2.45) is 12.8 Å². The number of benzene rings is 1. The average Bonchev–Trinajstić information content (AvgIpc) is 3.12. The van der Waals surface area contributed by atoms with E-state index < -0.39 is 5.91 Å². The van der Waals surface area contributed by atoms with E-state index in [0.717, 1.165) is 27.7 Å². The van der Waals surface area contributed by atoms with Crippen LogP contribution in [0.4, 0.5) is 0 Å². The smallest absolute Gasteiger partial charge is 0.265 e. The maximum Gasteiger partial charge on any atom is 0.265 e. The van der Waals surface area contributed by atoms with E-state index in [1.54, 1.807) is 12.4 Å². The number of carbonyl (C=O) groups excluding carboxylic acids is 1. The van der Waals surface area contributed by atoms with E-state index in [-0.39, 0.29) is 0 Å². The predicted molar refractivity (Wildman–Crippen MR) is 88.1 cm³/mol. The van der Waals surface area contributed by atoms with Gasteiger partial charge in [-0.15, -0.1) is 0 Å². The molecule has 1 aromatic carbocycles. The third-order valence-corrected chi connectivity index (χ3v) is 3.99. The highest BCUT2D eigenvalue weighted by Gasteiger charge is 2.16. The zero-order valence-corrected chi connectivity index (χ0v) is 12.6. The number of fused-ring (bicyclic) bond motifs is 3. The van der Waals surface area contributed by atoms with Crippen LogP contribution in [-0.4, -0.2) is 25.4 Å². The molecule has 3 N–H and O–H groups in total. The first-order chi connectivity index (χ1) is 11.1. The van der Waals surface area contributed by atoms with E-state index >= 15 is 0 Å². The van der Waals surface area contributed by atoms with E-state index in [1.165, 1.54) is 0 Å². The lowest BCUT2D eigenvalue weighted by Crippen LogP contribution is -2.10. The van der Waals surface area contributed by atoms with Gasteiger partial charge < -0.3 is 15.3 Å². The van der Waals surface area contributed by atoms with Gasteiger partial charge in [-0.3, -0.25) is 4.79 Å². The molecule has 6 heteroatoms. The maximum absolute atomic E-state index is 11.4. The van der Waals surface area contributed by atoms with Gasteiger partial charge in [-0.25, -0.2) is 9.97 Å². The highest BCUT2D eigenvalue weighted by Crippen LogP contribution is 2.27. The molecule has 0 fully saturated rings. The van der Waals surface area contributed by atoms with E-state index in [4.69, 9.17) is 5.73 Å². The third kappa shape index (κ3) is 2.15. The van der Waals surface area contributed by atoms with Crippen LogP contribution in [0, 0.1) is 0 Å². The fourth-order valence-electron chi connectivity index (χ4n) is 2.90. The first-order valence-electron chi connectivity index (χ1n) is 7.30. The minimum atomic E-state index is -0.497. The number of nitrogens with one attached hydrogen (secondary N) is 1. The lowest BCUT2D eigenvalue weighted by Gasteiger charge is -2.04. The molecule has 0 atom stereocenters. The quantitative estimate of drug-likeness (QED) is 0.607. The number of hydrogen-bond acceptors (Lipinski definition) is 3. The standard InChI is InChI=1S/C17H15N5O/c1-22-9-19-14-12(7-10-5-3-2-4-6-10)20-17-11(15(14)22)8-13(21-17)16(18)23/h2-6,8-9H,7H2,1H3,(H2,18,23)(H,20,21). The number of primary amides is 1. The molecule has 0 spiro atoms. The van der Waals surface area contributed by atoms with Gasteiger partial charge in [0.05, 0.1) is 17.5 Å². The fourth-order valence-corrected chi connectivity index (χ4v) is 2.90. The summed E-state index contributed by atoms with van der Waals surface area (Å²) in [6, 6.07) is 11.8. The number of amides is 1. The molecule has 0 aliphatic rings. The molecule has 3 aromatic heterocycles. The lowest BCUT2D eigenvalue weighted by atomic mass is 10.1. The Hall–Kier alpha value is -3.15. The van der Waals surface area contributed by atoms with Crippen molar-refractivity contribution in [2.75, 3.05) is 0 Å². The van der Waals surface area contributed by atoms with Crippen LogP contribution in [0.1, 0.15) is 21.7 Å². The normalized spacial score (nSPS) is 11.3. The summed E-state index contributed by atoms with van der Waals surface area (Å²) < 4.78 is 1.94. The van der Waals surface area contributed by atoms with Gasteiger partial charge in [-0.1, -0.05) is 30.3 Å². The summed E-state index contributed by atoms with van der Waals surface area (Å²) >= 11 is 0. The molecule has 6 nitrogen and oxygen atoms in total. The number of H-pyrrole nitrogens is 1. The van der Waals surface area contributed by atoms with Gasteiger partial charge in [-0.2, -0.15) is 0 Å². The van der Waals surface area contributed by atoms with Crippen LogP contribution in [0.2, 0.25) is 0 Å². The molecule has 0 bridgehead atoms. The molecule has 3 heterocycles. The van der Waals surface area contributed by atoms with Crippen molar-refractivity contribution in [3.8, 4) is 0 Å². The Morgan fingerprint density at radius 2 is 2.09 bits per heavy atom. The van der Waals surface area contributed by atoms with Crippen LogP contribution in [-0.2, 0) is 13.5 Å². The maximum atomic E-state index is 11.4. The van der Waals surface area contributed by atoms with Crippen LogP contribution in [0.3, 0.4) is 0 Å². The molecule has 0 saturated carbocycles. The first kappa shape index (κ1) is 13.5. The topological polar surface area (TPSA) is 89.6 Å². The van der Waals surface area contributed by atoms with Crippen molar-refractivity contribution < 1.29 is 4.79 Å². The number of imidazole rings is 1. The summed E-state index contributed by atoms with van der Waals surface area (Å²) in [6.07, 6.45) is 2.44. The van der Waals surface area contributed by atoms with Crippen LogP contribution in [0.5, 0.6) is 0 Å². The lowest BCUT2D eigenvalue weighted by molar-refractivity contribution is 0.0996. The number of aromatic amines is 1. The second kappa shape index (κ2) is 4.95. The van der Waals surface area contributed by atoms with Gasteiger partial charge in [0.1, 0.15) is 16.9 Å². The minimum absolute atomic E-state index is 0.354. The van der Waals surface area contributed by atoms with Gasteiger partial charge in [0, 0.05) is 18.9 Å². The predicted octanol–water partition coefficient (Wildman–Crippen LogP) is 2.14. The summed E-state index contributed by atoms with van der Waals surface area (Å²) in [5, 5.41) is 0.852. The molecule has 0 unspecified atom stereocenters. The van der Waals surface area contributed by atoms with Crippen molar-refractivity contribution >= 4 is 28.0 Å². The van der Waals surface area contributed by atoms with E-state index in [0.29, 0.717) is 17.8 Å². The Morgan fingerprint density at radius 1 is 1.30 bits per heavy atom.